The van der Waals surface area contributed by atoms with E-state index in [4.69, 9.17) is 0 Å². The molecule has 1 amide bonds. The van der Waals surface area contributed by atoms with Gasteiger partial charge in [0.25, 0.3) is 0 Å². The second-order valence-corrected chi connectivity index (χ2v) is 12.3. The summed E-state index contributed by atoms with van der Waals surface area (Å²) in [6, 6.07) is 0. The predicted octanol–water partition coefficient (Wildman–Crippen LogP) is 5.43. The Kier molecular flexibility index (Phi) is 5.16. The minimum absolute atomic E-state index is 0.108. The van der Waals surface area contributed by atoms with Crippen LogP contribution < -0.4 is 0 Å². The van der Waals surface area contributed by atoms with Crippen LogP contribution >= 0.6 is 0 Å². The van der Waals surface area contributed by atoms with E-state index in [0.717, 1.165) is 55.9 Å². The third-order valence-corrected chi connectivity index (χ3v) is 11.0. The fourth-order valence-electron chi connectivity index (χ4n) is 9.34. The van der Waals surface area contributed by atoms with Crippen LogP contribution in [-0.2, 0) is 4.79 Å². The van der Waals surface area contributed by atoms with Crippen LogP contribution in [0, 0.1) is 46.3 Å². The van der Waals surface area contributed by atoms with Gasteiger partial charge in [-0.1, -0.05) is 32.4 Å². The third-order valence-electron chi connectivity index (χ3n) is 11.0. The van der Waals surface area contributed by atoms with Gasteiger partial charge in [-0.2, -0.15) is 0 Å². The van der Waals surface area contributed by atoms with Gasteiger partial charge in [0, 0.05) is 19.5 Å². The molecule has 0 unspecified atom stereocenters. The Morgan fingerprint density at radius 2 is 1.93 bits per heavy atom. The summed E-state index contributed by atoms with van der Waals surface area (Å²) in [5, 5.41) is 10.2. The first kappa shape index (κ1) is 21.0. The summed E-state index contributed by atoms with van der Waals surface area (Å²) < 4.78 is 0. The van der Waals surface area contributed by atoms with Gasteiger partial charge in [-0.05, 0) is 105 Å². The summed E-state index contributed by atoms with van der Waals surface area (Å²) in [7, 11) is 1.97. The number of nitrogens with zero attached hydrogens (tertiary/aromatic N) is 1. The fourth-order valence-corrected chi connectivity index (χ4v) is 9.34. The molecule has 5 rings (SSSR count). The summed E-state index contributed by atoms with van der Waals surface area (Å²) in [5.74, 6) is 4.62. The van der Waals surface area contributed by atoms with E-state index >= 15 is 0 Å². The molecule has 3 heteroatoms. The molecule has 30 heavy (non-hydrogen) atoms. The average molecular weight is 414 g/mol. The number of aliphatic hydroxyl groups excluding tert-OH is 1. The highest BCUT2D eigenvalue weighted by atomic mass is 16.3. The van der Waals surface area contributed by atoms with Crippen LogP contribution in [0.3, 0.4) is 0 Å². The highest BCUT2D eigenvalue weighted by Crippen LogP contribution is 2.67. The quantitative estimate of drug-likeness (QED) is 0.627. The lowest BCUT2D eigenvalue weighted by Gasteiger charge is -2.58. The molecule has 0 radical (unpaired) electrons. The minimum atomic E-state index is -0.108. The maximum atomic E-state index is 12.5. The lowest BCUT2D eigenvalue weighted by Crippen LogP contribution is -2.50. The molecule has 5 aliphatic rings. The van der Waals surface area contributed by atoms with Crippen LogP contribution in [-0.4, -0.2) is 35.6 Å². The zero-order valence-corrected chi connectivity index (χ0v) is 19.7. The zero-order valence-electron chi connectivity index (χ0n) is 19.7. The van der Waals surface area contributed by atoms with E-state index in [0.29, 0.717) is 22.7 Å². The number of amides is 1. The second kappa shape index (κ2) is 7.36. The molecular formula is C27H43NO2. The van der Waals surface area contributed by atoms with Crippen LogP contribution in [0.4, 0.5) is 0 Å². The molecule has 1 heterocycles. The maximum Gasteiger partial charge on any atom is 0.225 e. The topological polar surface area (TPSA) is 40.5 Å². The van der Waals surface area contributed by atoms with Crippen molar-refractivity contribution in [1.82, 2.24) is 4.90 Å². The van der Waals surface area contributed by atoms with Gasteiger partial charge in [0.1, 0.15) is 0 Å². The van der Waals surface area contributed by atoms with E-state index < -0.39 is 0 Å². The molecule has 0 spiro atoms. The van der Waals surface area contributed by atoms with Crippen molar-refractivity contribution in [3.63, 3.8) is 0 Å². The molecule has 1 N–H and O–H groups in total. The smallest absolute Gasteiger partial charge is 0.225 e. The number of allylic oxidation sites excluding steroid dienone is 1. The zero-order chi connectivity index (χ0) is 21.3. The SMILES string of the molecule is C[C@H](C[C@@H]1CCN(C)C1=O)[C@H]1CC[C@H]2[C@@H]3CC=C4C[C@@H](O)CC[C@]4(C)[C@H]3CC[C@]12C. The number of rotatable bonds is 3. The van der Waals surface area contributed by atoms with Gasteiger partial charge in [-0.15, -0.1) is 0 Å². The van der Waals surface area contributed by atoms with Crippen molar-refractivity contribution in [3.05, 3.63) is 11.6 Å². The van der Waals surface area contributed by atoms with Crippen molar-refractivity contribution < 1.29 is 9.90 Å². The maximum absolute atomic E-state index is 12.5. The molecule has 1 saturated heterocycles. The number of carbonyl (C=O) groups is 1. The Morgan fingerprint density at radius 3 is 2.67 bits per heavy atom. The van der Waals surface area contributed by atoms with Gasteiger partial charge in [-0.25, -0.2) is 0 Å². The molecule has 4 aliphatic carbocycles. The molecule has 3 nitrogen and oxygen atoms in total. The monoisotopic (exact) mass is 413 g/mol. The van der Waals surface area contributed by atoms with Gasteiger partial charge < -0.3 is 10.0 Å². The van der Waals surface area contributed by atoms with E-state index in [9.17, 15) is 9.90 Å². The van der Waals surface area contributed by atoms with E-state index in [-0.39, 0.29) is 12.0 Å². The van der Waals surface area contributed by atoms with Crippen molar-refractivity contribution in [2.75, 3.05) is 13.6 Å². The number of aliphatic hydroxyl groups is 1. The van der Waals surface area contributed by atoms with E-state index in [1.54, 1.807) is 5.57 Å². The lowest BCUT2D eigenvalue weighted by atomic mass is 9.47. The normalized spacial score (nSPS) is 49.3. The number of likely N-dealkylation sites (tertiary alicyclic amines) is 1. The molecule has 0 aromatic heterocycles. The Balaban J connectivity index is 1.33. The summed E-state index contributed by atoms with van der Waals surface area (Å²) in [6.45, 7) is 8.56. The number of hydrogen-bond acceptors (Lipinski definition) is 2. The van der Waals surface area contributed by atoms with Crippen molar-refractivity contribution in [2.24, 2.45) is 46.3 Å². The van der Waals surface area contributed by atoms with Crippen molar-refractivity contribution in [1.29, 1.82) is 0 Å². The minimum Gasteiger partial charge on any atom is -0.393 e. The molecule has 0 aromatic carbocycles. The molecule has 0 bridgehead atoms. The molecular weight excluding hydrogens is 370 g/mol. The van der Waals surface area contributed by atoms with Gasteiger partial charge in [0.15, 0.2) is 0 Å². The van der Waals surface area contributed by atoms with Crippen molar-refractivity contribution in [3.8, 4) is 0 Å². The largest absolute Gasteiger partial charge is 0.393 e. The fraction of sp³-hybridized carbons (Fsp3) is 0.889. The average Bonchev–Trinajstić information content (AvgIpc) is 3.22. The first-order chi connectivity index (χ1) is 14.2. The summed E-state index contributed by atoms with van der Waals surface area (Å²) in [6.07, 6.45) is 14.5. The Morgan fingerprint density at radius 1 is 1.13 bits per heavy atom. The number of hydrogen-bond donors (Lipinski definition) is 1. The Labute approximate surface area is 183 Å². The van der Waals surface area contributed by atoms with Gasteiger partial charge in [-0.3, -0.25) is 4.79 Å². The van der Waals surface area contributed by atoms with Crippen LogP contribution in [0.5, 0.6) is 0 Å². The highest BCUT2D eigenvalue weighted by Gasteiger charge is 2.59. The summed E-state index contributed by atoms with van der Waals surface area (Å²) in [4.78, 5) is 14.4. The first-order valence-electron chi connectivity index (χ1n) is 12.9. The molecule has 168 valence electrons. The van der Waals surface area contributed by atoms with Gasteiger partial charge >= 0.3 is 0 Å². The standard InChI is InChI=1S/C27H43NO2/c1-17(15-18-11-14-28(4)25(18)30)22-7-8-23-21-6-5-19-16-20(29)9-12-26(19,2)24(21)10-13-27(22,23)3/h5,17-18,20-24,29H,6-16H2,1-4H3/t17-,18+,20+,21+,22-,23+,24+,26+,27-/m1/s1. The van der Waals surface area contributed by atoms with Gasteiger partial charge in [0.2, 0.25) is 5.91 Å². The van der Waals surface area contributed by atoms with Crippen molar-refractivity contribution >= 4 is 5.91 Å². The number of carbonyl (C=O) groups excluding carboxylic acids is 1. The highest BCUT2D eigenvalue weighted by molar-refractivity contribution is 5.80. The molecule has 3 saturated carbocycles. The van der Waals surface area contributed by atoms with Crippen LogP contribution in [0.1, 0.15) is 85.0 Å². The van der Waals surface area contributed by atoms with E-state index in [1.807, 2.05) is 11.9 Å². The molecule has 0 aromatic rings. The molecule has 9 atom stereocenters. The predicted molar refractivity (Wildman–Crippen MR) is 121 cm³/mol. The van der Waals surface area contributed by atoms with E-state index in [1.165, 1.54) is 38.5 Å². The Hall–Kier alpha value is -0.830. The number of fused-ring (bicyclic) bond motifs is 5. The van der Waals surface area contributed by atoms with E-state index in [2.05, 4.69) is 26.8 Å². The summed E-state index contributed by atoms with van der Waals surface area (Å²) >= 11 is 0. The van der Waals surface area contributed by atoms with Crippen molar-refractivity contribution in [2.45, 2.75) is 91.1 Å². The van der Waals surface area contributed by atoms with Crippen LogP contribution in [0.25, 0.3) is 0 Å². The molecule has 4 fully saturated rings. The van der Waals surface area contributed by atoms with Gasteiger partial charge in [0.05, 0.1) is 6.10 Å². The molecule has 1 aliphatic heterocycles. The second-order valence-electron chi connectivity index (χ2n) is 12.3. The lowest BCUT2D eigenvalue weighted by molar-refractivity contribution is -0.130. The van der Waals surface area contributed by atoms with Crippen LogP contribution in [0.2, 0.25) is 0 Å². The van der Waals surface area contributed by atoms with Crippen LogP contribution in [0.15, 0.2) is 11.6 Å². The third kappa shape index (κ3) is 3.05. The summed E-state index contributed by atoms with van der Waals surface area (Å²) in [5.41, 5.74) is 2.38. The first-order valence-corrected chi connectivity index (χ1v) is 12.9. The Bertz CT molecular complexity index is 730.